The van der Waals surface area contributed by atoms with Crippen LogP contribution in [0.15, 0.2) is 29.3 Å². The molecule has 162 valence electrons. The minimum Gasteiger partial charge on any atom is -0.355 e. The number of hydrogen-bond donors (Lipinski definition) is 1. The lowest BCUT2D eigenvalue weighted by Crippen LogP contribution is -2.55. The average molecular weight is 534 g/mol. The third-order valence-corrected chi connectivity index (χ3v) is 6.00. The number of likely N-dealkylation sites (N-methyl/N-ethyl adjacent to an activating group) is 1. The Morgan fingerprint density at radius 2 is 1.93 bits per heavy atom. The van der Waals surface area contributed by atoms with Crippen molar-refractivity contribution in [1.29, 1.82) is 0 Å². The molecule has 1 aliphatic carbocycles. The maximum Gasteiger partial charge on any atom is 0.227 e. The number of rotatable bonds is 6. The van der Waals surface area contributed by atoms with Crippen molar-refractivity contribution in [3.63, 3.8) is 0 Å². The first-order valence-corrected chi connectivity index (χ1v) is 10.6. The molecule has 8 heteroatoms. The van der Waals surface area contributed by atoms with Crippen LogP contribution in [0.5, 0.6) is 0 Å². The number of nitrogens with zero attached hydrogens (tertiary/aromatic N) is 4. The summed E-state index contributed by atoms with van der Waals surface area (Å²) in [7, 11) is 4.03. The predicted octanol–water partition coefficient (Wildman–Crippen LogP) is 2.70. The molecule has 1 aliphatic heterocycles. The summed E-state index contributed by atoms with van der Waals surface area (Å²) >= 11 is 6.02. The molecule has 2 fully saturated rings. The van der Waals surface area contributed by atoms with Crippen molar-refractivity contribution in [2.45, 2.75) is 38.3 Å². The summed E-state index contributed by atoms with van der Waals surface area (Å²) < 4.78 is 0. The normalized spacial score (nSPS) is 18.4. The number of halogens is 2. The highest BCUT2D eigenvalue weighted by Crippen LogP contribution is 2.26. The summed E-state index contributed by atoms with van der Waals surface area (Å²) in [6, 6.07) is 8.77. The summed E-state index contributed by atoms with van der Waals surface area (Å²) in [5.41, 5.74) is 0.964. The molecule has 2 aliphatic rings. The van der Waals surface area contributed by atoms with Gasteiger partial charge < -0.3 is 15.1 Å². The van der Waals surface area contributed by atoms with Gasteiger partial charge in [0, 0.05) is 56.9 Å². The zero-order valence-electron chi connectivity index (χ0n) is 17.6. The second-order valence-corrected chi connectivity index (χ2v) is 8.28. The van der Waals surface area contributed by atoms with E-state index in [1.165, 1.54) is 12.8 Å². The van der Waals surface area contributed by atoms with Crippen LogP contribution in [-0.2, 0) is 11.2 Å². The maximum absolute atomic E-state index is 12.6. The van der Waals surface area contributed by atoms with Gasteiger partial charge in [0.25, 0.3) is 0 Å². The Balaban J connectivity index is 0.00000300. The molecular formula is C21H33ClIN5O. The number of piperazine rings is 1. The smallest absolute Gasteiger partial charge is 0.227 e. The van der Waals surface area contributed by atoms with E-state index in [1.54, 1.807) is 0 Å². The number of amides is 1. The van der Waals surface area contributed by atoms with Crippen molar-refractivity contribution in [3.05, 3.63) is 34.9 Å². The zero-order chi connectivity index (χ0) is 20.1. The Hall–Kier alpha value is -1.06. The molecule has 0 radical (unpaired) electrons. The molecule has 1 atom stereocenters. The average Bonchev–Trinajstić information content (AvgIpc) is 3.53. The van der Waals surface area contributed by atoms with Gasteiger partial charge in [-0.05, 0) is 44.5 Å². The van der Waals surface area contributed by atoms with Crippen LogP contribution in [0.4, 0.5) is 0 Å². The first-order valence-electron chi connectivity index (χ1n) is 10.2. The number of hydrogen-bond acceptors (Lipinski definition) is 3. The Labute approximate surface area is 196 Å². The fourth-order valence-corrected chi connectivity index (χ4v) is 3.87. The Bertz CT molecular complexity index is 704. The van der Waals surface area contributed by atoms with E-state index in [-0.39, 0.29) is 29.9 Å². The fraction of sp³-hybridized carbons (Fsp3) is 0.619. The SMILES string of the molecule is CN=C(NCC(C)N(C)C1CC1)N1CCN(C(=O)Cc2cccc(Cl)c2)CC1.I. The Kier molecular flexibility index (Phi) is 9.49. The molecule has 0 bridgehead atoms. The molecule has 1 aromatic carbocycles. The number of carbonyl (C=O) groups excluding carboxylic acids is 1. The number of benzene rings is 1. The van der Waals surface area contributed by atoms with Crippen molar-refractivity contribution in [1.82, 2.24) is 20.0 Å². The second kappa shape index (κ2) is 11.4. The Morgan fingerprint density at radius 1 is 1.28 bits per heavy atom. The van der Waals surface area contributed by atoms with Crippen LogP contribution >= 0.6 is 35.6 Å². The van der Waals surface area contributed by atoms with Crippen molar-refractivity contribution in [3.8, 4) is 0 Å². The molecule has 1 saturated carbocycles. The van der Waals surface area contributed by atoms with Gasteiger partial charge in [0.1, 0.15) is 0 Å². The van der Waals surface area contributed by atoms with E-state index in [4.69, 9.17) is 11.6 Å². The molecule has 0 spiro atoms. The highest BCUT2D eigenvalue weighted by atomic mass is 127. The topological polar surface area (TPSA) is 51.2 Å². The van der Waals surface area contributed by atoms with E-state index >= 15 is 0 Å². The molecule has 1 aromatic rings. The van der Waals surface area contributed by atoms with E-state index in [2.05, 4.69) is 34.1 Å². The summed E-state index contributed by atoms with van der Waals surface area (Å²) in [6.45, 7) is 6.18. The van der Waals surface area contributed by atoms with Crippen molar-refractivity contribution < 1.29 is 4.79 Å². The molecule has 1 saturated heterocycles. The quantitative estimate of drug-likeness (QED) is 0.347. The van der Waals surface area contributed by atoms with Gasteiger partial charge in [-0.3, -0.25) is 14.7 Å². The lowest BCUT2D eigenvalue weighted by Gasteiger charge is -2.37. The summed E-state index contributed by atoms with van der Waals surface area (Å²) in [5, 5.41) is 4.18. The third kappa shape index (κ3) is 7.00. The standard InChI is InChI=1S/C21H32ClN5O.HI/c1-16(25(3)19-7-8-19)15-24-21(23-2)27-11-9-26(10-12-27)20(28)14-17-5-4-6-18(22)13-17;/h4-6,13,16,19H,7-12,14-15H2,1-3H3,(H,23,24);1H. The van der Waals surface area contributed by atoms with Crippen LogP contribution in [0.2, 0.25) is 5.02 Å². The minimum absolute atomic E-state index is 0. The van der Waals surface area contributed by atoms with Crippen LogP contribution in [0.25, 0.3) is 0 Å². The summed E-state index contributed by atoms with van der Waals surface area (Å²) in [6.07, 6.45) is 3.04. The van der Waals surface area contributed by atoms with Crippen LogP contribution in [0.3, 0.4) is 0 Å². The largest absolute Gasteiger partial charge is 0.355 e. The molecule has 0 aromatic heterocycles. The Morgan fingerprint density at radius 3 is 2.52 bits per heavy atom. The van der Waals surface area contributed by atoms with Gasteiger partial charge in [-0.1, -0.05) is 23.7 Å². The van der Waals surface area contributed by atoms with Crippen LogP contribution in [0.1, 0.15) is 25.3 Å². The van der Waals surface area contributed by atoms with Gasteiger partial charge in [0.05, 0.1) is 6.42 Å². The number of carbonyl (C=O) groups is 1. The van der Waals surface area contributed by atoms with Crippen molar-refractivity contribution in [2.75, 3.05) is 46.8 Å². The highest BCUT2D eigenvalue weighted by Gasteiger charge is 2.29. The minimum atomic E-state index is 0. The lowest BCUT2D eigenvalue weighted by molar-refractivity contribution is -0.131. The van der Waals surface area contributed by atoms with Gasteiger partial charge in [-0.2, -0.15) is 0 Å². The van der Waals surface area contributed by atoms with E-state index in [9.17, 15) is 4.79 Å². The molecule has 1 unspecified atom stereocenters. The second-order valence-electron chi connectivity index (χ2n) is 7.85. The highest BCUT2D eigenvalue weighted by molar-refractivity contribution is 14.0. The number of nitrogens with one attached hydrogen (secondary N) is 1. The molecule has 1 amide bonds. The molecular weight excluding hydrogens is 501 g/mol. The molecule has 3 rings (SSSR count). The van der Waals surface area contributed by atoms with E-state index in [0.717, 1.165) is 50.3 Å². The van der Waals surface area contributed by atoms with Gasteiger partial charge in [-0.15, -0.1) is 24.0 Å². The zero-order valence-corrected chi connectivity index (χ0v) is 20.7. The van der Waals surface area contributed by atoms with Gasteiger partial charge in [0.2, 0.25) is 5.91 Å². The van der Waals surface area contributed by atoms with Gasteiger partial charge in [-0.25, -0.2) is 0 Å². The van der Waals surface area contributed by atoms with Crippen LogP contribution in [0, 0.1) is 0 Å². The van der Waals surface area contributed by atoms with E-state index in [0.29, 0.717) is 17.5 Å². The monoisotopic (exact) mass is 533 g/mol. The molecule has 1 N–H and O–H groups in total. The van der Waals surface area contributed by atoms with Crippen molar-refractivity contribution in [2.24, 2.45) is 4.99 Å². The van der Waals surface area contributed by atoms with Crippen LogP contribution in [-0.4, -0.2) is 85.5 Å². The first-order chi connectivity index (χ1) is 13.5. The molecule has 6 nitrogen and oxygen atoms in total. The first kappa shape index (κ1) is 24.2. The summed E-state index contributed by atoms with van der Waals surface area (Å²) in [5.74, 6) is 1.09. The molecule has 1 heterocycles. The predicted molar refractivity (Wildman–Crippen MR) is 130 cm³/mol. The third-order valence-electron chi connectivity index (χ3n) is 5.76. The van der Waals surface area contributed by atoms with E-state index < -0.39 is 0 Å². The molecule has 29 heavy (non-hydrogen) atoms. The number of guanidine groups is 1. The van der Waals surface area contributed by atoms with Crippen LogP contribution < -0.4 is 5.32 Å². The van der Waals surface area contributed by atoms with Gasteiger partial charge >= 0.3 is 0 Å². The van der Waals surface area contributed by atoms with E-state index in [1.807, 2.05) is 36.2 Å². The number of aliphatic imine (C=N–C) groups is 1. The summed E-state index contributed by atoms with van der Waals surface area (Å²) in [4.78, 5) is 23.7. The van der Waals surface area contributed by atoms with Crippen molar-refractivity contribution >= 4 is 47.4 Å². The fourth-order valence-electron chi connectivity index (χ4n) is 3.66. The van der Waals surface area contributed by atoms with Gasteiger partial charge in [0.15, 0.2) is 5.96 Å². The lowest BCUT2D eigenvalue weighted by atomic mass is 10.1. The maximum atomic E-state index is 12.6.